The topological polar surface area (TPSA) is 33.0 Å². The van der Waals surface area contributed by atoms with Gasteiger partial charge in [0, 0.05) is 5.92 Å². The third kappa shape index (κ3) is 2.95. The fraction of sp³-hybridized carbons (Fsp3) is 0.562. The van der Waals surface area contributed by atoms with Gasteiger partial charge in [0.1, 0.15) is 5.75 Å². The Hall–Kier alpha value is -1.43. The minimum atomic E-state index is 0.288. The van der Waals surface area contributed by atoms with Crippen molar-refractivity contribution in [2.45, 2.75) is 38.4 Å². The number of ether oxygens (including phenoxy) is 1. The molecule has 1 fully saturated rings. The number of aryl methyl sites for hydroxylation is 1. The summed E-state index contributed by atoms with van der Waals surface area (Å²) < 4.78 is 5.96. The number of benzene rings is 1. The first-order chi connectivity index (χ1) is 9.35. The molecule has 0 aromatic heterocycles. The Morgan fingerprint density at radius 2 is 2.11 bits per heavy atom. The van der Waals surface area contributed by atoms with E-state index in [1.165, 1.54) is 31.0 Å². The Labute approximate surface area is 116 Å². The molecule has 1 aromatic rings. The van der Waals surface area contributed by atoms with Crippen LogP contribution in [-0.2, 0) is 6.42 Å². The second kappa shape index (κ2) is 5.69. The molecule has 3 heteroatoms. The average molecular weight is 253 g/mol. The predicted octanol–water partition coefficient (Wildman–Crippen LogP) is 2.43. The smallest absolute Gasteiger partial charge is 0.158 e. The number of fused-ring (bicyclic) bond motifs is 1. The van der Waals surface area contributed by atoms with Gasteiger partial charge in [0.25, 0.3) is 0 Å². The quantitative estimate of drug-likeness (QED) is 0.775. The van der Waals surface area contributed by atoms with E-state index in [9.17, 15) is 0 Å². The van der Waals surface area contributed by atoms with Gasteiger partial charge in [-0.15, -0.1) is 0 Å². The number of hydrogen-bond donors (Lipinski definition) is 0. The summed E-state index contributed by atoms with van der Waals surface area (Å²) in [5, 5.41) is 8.89. The predicted molar refractivity (Wildman–Crippen MR) is 78.3 cm³/mol. The van der Waals surface area contributed by atoms with Gasteiger partial charge in [-0.3, -0.25) is 0 Å². The molecular formula is C16H20BNO. The van der Waals surface area contributed by atoms with Crippen LogP contribution in [0.2, 0.25) is 6.32 Å². The Morgan fingerprint density at radius 3 is 2.89 bits per heavy atom. The molecule has 0 atom stereocenters. The van der Waals surface area contributed by atoms with E-state index in [1.807, 2.05) is 0 Å². The number of rotatable bonds is 3. The highest BCUT2D eigenvalue weighted by Gasteiger charge is 2.21. The van der Waals surface area contributed by atoms with Crippen molar-refractivity contribution in [3.63, 3.8) is 0 Å². The molecule has 1 aliphatic carbocycles. The van der Waals surface area contributed by atoms with Crippen LogP contribution < -0.4 is 10.2 Å². The van der Waals surface area contributed by atoms with Crippen molar-refractivity contribution in [1.82, 2.24) is 0 Å². The van der Waals surface area contributed by atoms with E-state index < -0.39 is 0 Å². The first-order valence-electron chi connectivity index (χ1n) is 7.49. The first kappa shape index (κ1) is 12.6. The summed E-state index contributed by atoms with van der Waals surface area (Å²) in [6.45, 7) is 0.816. The van der Waals surface area contributed by atoms with Crippen molar-refractivity contribution < 1.29 is 4.74 Å². The number of nitriles is 1. The van der Waals surface area contributed by atoms with Gasteiger partial charge in [0.15, 0.2) is 7.28 Å². The van der Waals surface area contributed by atoms with Crippen molar-refractivity contribution in [2.24, 2.45) is 11.8 Å². The van der Waals surface area contributed by atoms with Gasteiger partial charge in [-0.25, -0.2) is 0 Å². The van der Waals surface area contributed by atoms with E-state index in [1.54, 1.807) is 0 Å². The average Bonchev–Trinajstić information content (AvgIpc) is 2.93. The Kier molecular flexibility index (Phi) is 3.78. The van der Waals surface area contributed by atoms with Crippen molar-refractivity contribution in [1.29, 1.82) is 5.26 Å². The summed E-state index contributed by atoms with van der Waals surface area (Å²) >= 11 is 0. The van der Waals surface area contributed by atoms with Crippen LogP contribution in [0.25, 0.3) is 0 Å². The largest absolute Gasteiger partial charge is 0.493 e. The van der Waals surface area contributed by atoms with E-state index in [-0.39, 0.29) is 5.92 Å². The molecule has 1 saturated carbocycles. The SMILES string of the molecule is N#CC1CCC(COc2ccc3c(c2)CCB3)CC1. The Morgan fingerprint density at radius 1 is 1.26 bits per heavy atom. The summed E-state index contributed by atoms with van der Waals surface area (Å²) in [4.78, 5) is 0. The molecule has 19 heavy (non-hydrogen) atoms. The highest BCUT2D eigenvalue weighted by atomic mass is 16.5. The third-order valence-electron chi connectivity index (χ3n) is 4.58. The van der Waals surface area contributed by atoms with Crippen molar-refractivity contribution >= 4 is 12.7 Å². The van der Waals surface area contributed by atoms with Crippen LogP contribution in [0.15, 0.2) is 18.2 Å². The molecule has 0 N–H and O–H groups in total. The van der Waals surface area contributed by atoms with Crippen LogP contribution in [-0.4, -0.2) is 13.9 Å². The van der Waals surface area contributed by atoms with Crippen molar-refractivity contribution in [2.75, 3.05) is 6.61 Å². The normalized spacial score (nSPS) is 25.2. The fourth-order valence-corrected chi connectivity index (χ4v) is 3.31. The second-order valence-corrected chi connectivity index (χ2v) is 5.94. The maximum Gasteiger partial charge on any atom is 0.158 e. The zero-order chi connectivity index (χ0) is 13.1. The highest BCUT2D eigenvalue weighted by Crippen LogP contribution is 2.29. The zero-order valence-electron chi connectivity index (χ0n) is 11.4. The van der Waals surface area contributed by atoms with Gasteiger partial charge in [0.05, 0.1) is 12.7 Å². The van der Waals surface area contributed by atoms with Crippen LogP contribution in [0.3, 0.4) is 0 Å². The van der Waals surface area contributed by atoms with E-state index >= 15 is 0 Å². The molecule has 0 amide bonds. The summed E-state index contributed by atoms with van der Waals surface area (Å²) in [5.74, 6) is 1.96. The molecule has 98 valence electrons. The van der Waals surface area contributed by atoms with Crippen molar-refractivity contribution in [3.8, 4) is 11.8 Å². The van der Waals surface area contributed by atoms with E-state index in [0.717, 1.165) is 38.0 Å². The molecule has 0 saturated heterocycles. The van der Waals surface area contributed by atoms with Gasteiger partial charge < -0.3 is 4.74 Å². The molecule has 0 radical (unpaired) electrons. The van der Waals surface area contributed by atoms with Crippen molar-refractivity contribution in [3.05, 3.63) is 23.8 Å². The third-order valence-corrected chi connectivity index (χ3v) is 4.58. The summed E-state index contributed by atoms with van der Waals surface area (Å²) in [5.41, 5.74) is 2.98. The summed E-state index contributed by atoms with van der Waals surface area (Å²) in [6.07, 6.45) is 6.88. The second-order valence-electron chi connectivity index (χ2n) is 5.94. The molecule has 0 unspecified atom stereocenters. The molecule has 0 spiro atoms. The standard InChI is InChI=1S/C16H20BNO/c18-10-12-1-3-13(4-2-12)11-19-15-5-6-16-14(9-15)7-8-17-16/h5-6,9,12-13,17H,1-4,7-8,11H2. The lowest BCUT2D eigenvalue weighted by molar-refractivity contribution is 0.196. The fourth-order valence-electron chi connectivity index (χ4n) is 3.31. The minimum Gasteiger partial charge on any atom is -0.493 e. The molecule has 3 rings (SSSR count). The maximum absolute atomic E-state index is 8.89. The van der Waals surface area contributed by atoms with Crippen LogP contribution in [0.1, 0.15) is 31.2 Å². The zero-order valence-corrected chi connectivity index (χ0v) is 11.4. The lowest BCUT2D eigenvalue weighted by Gasteiger charge is -2.24. The van der Waals surface area contributed by atoms with E-state index in [0.29, 0.717) is 5.92 Å². The van der Waals surface area contributed by atoms with Crippen LogP contribution in [0.4, 0.5) is 0 Å². The van der Waals surface area contributed by atoms with Crippen LogP contribution in [0, 0.1) is 23.2 Å². The molecule has 2 nitrogen and oxygen atoms in total. The van der Waals surface area contributed by atoms with Gasteiger partial charge in [0.2, 0.25) is 0 Å². The van der Waals surface area contributed by atoms with E-state index in [2.05, 4.69) is 24.3 Å². The molecule has 1 heterocycles. The maximum atomic E-state index is 8.89. The molecule has 1 aromatic carbocycles. The summed E-state index contributed by atoms with van der Waals surface area (Å²) in [6, 6.07) is 8.95. The molecule has 2 aliphatic rings. The van der Waals surface area contributed by atoms with Gasteiger partial charge in [-0.1, -0.05) is 23.4 Å². The minimum absolute atomic E-state index is 0.288. The Bertz CT molecular complexity index is 486. The highest BCUT2D eigenvalue weighted by molar-refractivity contribution is 6.55. The van der Waals surface area contributed by atoms with Gasteiger partial charge in [-0.2, -0.15) is 5.26 Å². The van der Waals surface area contributed by atoms with E-state index in [4.69, 9.17) is 10.00 Å². The van der Waals surface area contributed by atoms with Gasteiger partial charge in [-0.05, 0) is 50.2 Å². The molecule has 1 aliphatic heterocycles. The molecule has 0 bridgehead atoms. The summed E-state index contributed by atoms with van der Waals surface area (Å²) in [7, 11) is 1.23. The van der Waals surface area contributed by atoms with Crippen LogP contribution >= 0.6 is 0 Å². The molecular weight excluding hydrogens is 233 g/mol. The Balaban J connectivity index is 1.51. The number of hydrogen-bond acceptors (Lipinski definition) is 2. The lowest BCUT2D eigenvalue weighted by atomic mass is 9.72. The lowest BCUT2D eigenvalue weighted by Crippen LogP contribution is -2.19. The first-order valence-corrected chi connectivity index (χ1v) is 7.49. The van der Waals surface area contributed by atoms with Crippen LogP contribution in [0.5, 0.6) is 5.75 Å². The monoisotopic (exact) mass is 253 g/mol. The van der Waals surface area contributed by atoms with Gasteiger partial charge >= 0.3 is 0 Å². The number of nitrogens with zero attached hydrogens (tertiary/aromatic N) is 1.